The molecule has 1 saturated carbocycles. The molecule has 1 aromatic carbocycles. The van der Waals surface area contributed by atoms with E-state index in [2.05, 4.69) is 15.6 Å². The minimum Gasteiger partial charge on any atom is -0.348 e. The van der Waals surface area contributed by atoms with Crippen molar-refractivity contribution in [2.24, 2.45) is 5.92 Å². The van der Waals surface area contributed by atoms with Crippen molar-refractivity contribution in [2.45, 2.75) is 65.1 Å². The number of rotatable bonds is 6. The van der Waals surface area contributed by atoms with Gasteiger partial charge in [0.1, 0.15) is 0 Å². The van der Waals surface area contributed by atoms with Gasteiger partial charge in [0.15, 0.2) is 0 Å². The molecule has 2 N–H and O–H groups in total. The van der Waals surface area contributed by atoms with E-state index >= 15 is 0 Å². The third kappa shape index (κ3) is 5.34. The number of benzene rings is 1. The van der Waals surface area contributed by atoms with Crippen molar-refractivity contribution >= 4 is 28.5 Å². The number of piperidine rings is 1. The molecule has 10 heteroatoms. The van der Waals surface area contributed by atoms with E-state index in [-0.39, 0.29) is 35.3 Å². The highest BCUT2D eigenvalue weighted by atomic mass is 16.2. The molecule has 5 rings (SSSR count). The number of carbonyl (C=O) groups is 2. The summed E-state index contributed by atoms with van der Waals surface area (Å²) < 4.78 is 2.99. The predicted molar refractivity (Wildman–Crippen MR) is 146 cm³/mol. The SMILES string of the molecule is Cc1cc(C(=O)NC2CCCN(C(=O)Nc3ccc4c(c3)c(=O)n(CC3CC3)c(=O)n4C(C)C)C2)ccn1. The monoisotopic (exact) mass is 518 g/mol. The van der Waals surface area contributed by atoms with E-state index in [4.69, 9.17) is 0 Å². The number of hydrogen-bond acceptors (Lipinski definition) is 5. The number of fused-ring (bicyclic) bond motifs is 1. The van der Waals surface area contributed by atoms with Gasteiger partial charge in [-0.25, -0.2) is 9.59 Å². The Morgan fingerprint density at radius 3 is 2.61 bits per heavy atom. The van der Waals surface area contributed by atoms with E-state index in [1.165, 1.54) is 4.57 Å². The number of amides is 3. The van der Waals surface area contributed by atoms with Crippen LogP contribution < -0.4 is 21.9 Å². The highest BCUT2D eigenvalue weighted by molar-refractivity contribution is 5.95. The topological polar surface area (TPSA) is 118 Å². The second kappa shape index (κ2) is 10.4. The van der Waals surface area contributed by atoms with Crippen molar-refractivity contribution in [3.63, 3.8) is 0 Å². The van der Waals surface area contributed by atoms with Crippen LogP contribution in [0.5, 0.6) is 0 Å². The summed E-state index contributed by atoms with van der Waals surface area (Å²) in [5, 5.41) is 6.35. The summed E-state index contributed by atoms with van der Waals surface area (Å²) in [6.07, 6.45) is 5.21. The van der Waals surface area contributed by atoms with Crippen LogP contribution in [0.4, 0.5) is 10.5 Å². The van der Waals surface area contributed by atoms with Crippen LogP contribution in [0.3, 0.4) is 0 Å². The van der Waals surface area contributed by atoms with E-state index in [9.17, 15) is 19.2 Å². The Bertz CT molecular complexity index is 1500. The average Bonchev–Trinajstić information content (AvgIpc) is 3.71. The lowest BCUT2D eigenvalue weighted by atomic mass is 10.1. The molecule has 2 aliphatic rings. The Morgan fingerprint density at radius 1 is 1.11 bits per heavy atom. The molecule has 1 unspecified atom stereocenters. The number of likely N-dealkylation sites (tertiary alicyclic amines) is 1. The van der Waals surface area contributed by atoms with Crippen molar-refractivity contribution in [3.05, 3.63) is 68.6 Å². The van der Waals surface area contributed by atoms with Crippen LogP contribution in [-0.2, 0) is 6.54 Å². The Labute approximate surface area is 220 Å². The number of urea groups is 1. The fourth-order valence-corrected chi connectivity index (χ4v) is 5.12. The Hall–Kier alpha value is -3.95. The van der Waals surface area contributed by atoms with Gasteiger partial charge < -0.3 is 15.5 Å². The maximum absolute atomic E-state index is 13.3. The Morgan fingerprint density at radius 2 is 1.89 bits per heavy atom. The zero-order chi connectivity index (χ0) is 27.0. The first-order chi connectivity index (χ1) is 18.2. The molecular weight excluding hydrogens is 484 g/mol. The number of aromatic nitrogens is 3. The van der Waals surface area contributed by atoms with Crippen molar-refractivity contribution < 1.29 is 9.59 Å². The van der Waals surface area contributed by atoms with E-state index in [0.717, 1.165) is 31.4 Å². The van der Waals surface area contributed by atoms with Gasteiger partial charge in [0.05, 0.1) is 10.9 Å². The van der Waals surface area contributed by atoms with Crippen LogP contribution in [0.2, 0.25) is 0 Å². The van der Waals surface area contributed by atoms with Gasteiger partial charge >= 0.3 is 11.7 Å². The normalized spacial score (nSPS) is 17.6. The Kier molecular flexibility index (Phi) is 7.05. The van der Waals surface area contributed by atoms with Gasteiger partial charge in [0.2, 0.25) is 0 Å². The van der Waals surface area contributed by atoms with Gasteiger partial charge in [0, 0.05) is 54.9 Å². The van der Waals surface area contributed by atoms with Crippen LogP contribution in [0.1, 0.15) is 61.6 Å². The standard InChI is InChI=1S/C28H34N6O4/c1-17(2)34-24-9-8-21(14-23(24)26(36)33(28(34)38)15-19-6-7-19)31-27(37)32-12-4-5-22(16-32)30-25(35)20-10-11-29-18(3)13-20/h8-11,13-14,17,19,22H,4-7,12,15-16H2,1-3H3,(H,30,35)(H,31,37). The van der Waals surface area contributed by atoms with E-state index < -0.39 is 0 Å². The lowest BCUT2D eigenvalue weighted by Gasteiger charge is -2.33. The molecule has 2 aromatic heterocycles. The number of nitrogens with zero attached hydrogens (tertiary/aromatic N) is 4. The summed E-state index contributed by atoms with van der Waals surface area (Å²) in [4.78, 5) is 58.0. The first-order valence-corrected chi connectivity index (χ1v) is 13.3. The van der Waals surface area contributed by atoms with E-state index in [0.29, 0.717) is 47.7 Å². The molecule has 0 spiro atoms. The highest BCUT2D eigenvalue weighted by Gasteiger charge is 2.27. The molecule has 3 amide bonds. The minimum absolute atomic E-state index is 0.118. The van der Waals surface area contributed by atoms with Gasteiger partial charge in [0.25, 0.3) is 11.5 Å². The molecule has 38 heavy (non-hydrogen) atoms. The van der Waals surface area contributed by atoms with Crippen molar-refractivity contribution in [1.82, 2.24) is 24.3 Å². The van der Waals surface area contributed by atoms with Crippen molar-refractivity contribution in [3.8, 4) is 0 Å². The van der Waals surface area contributed by atoms with Crippen LogP contribution >= 0.6 is 0 Å². The molecule has 2 fully saturated rings. The molecular formula is C28H34N6O4. The second-order valence-corrected chi connectivity index (χ2v) is 10.7. The van der Waals surface area contributed by atoms with Crippen molar-refractivity contribution in [2.75, 3.05) is 18.4 Å². The van der Waals surface area contributed by atoms with Crippen LogP contribution in [0, 0.1) is 12.8 Å². The first kappa shape index (κ1) is 25.7. The lowest BCUT2D eigenvalue weighted by Crippen LogP contribution is -2.50. The smallest absolute Gasteiger partial charge is 0.331 e. The highest BCUT2D eigenvalue weighted by Crippen LogP contribution is 2.30. The van der Waals surface area contributed by atoms with Gasteiger partial charge in [-0.05, 0) is 82.7 Å². The van der Waals surface area contributed by atoms with Gasteiger partial charge in [-0.15, -0.1) is 0 Å². The number of carbonyl (C=O) groups excluding carboxylic acids is 2. The summed E-state index contributed by atoms with van der Waals surface area (Å²) in [7, 11) is 0. The largest absolute Gasteiger partial charge is 0.348 e. The summed E-state index contributed by atoms with van der Waals surface area (Å²) in [6, 6.07) is 7.94. The molecule has 1 saturated heterocycles. The molecule has 0 bridgehead atoms. The quantitative estimate of drug-likeness (QED) is 0.519. The third-order valence-electron chi connectivity index (χ3n) is 7.28. The number of aryl methyl sites for hydroxylation is 1. The van der Waals surface area contributed by atoms with E-state index in [1.807, 2.05) is 20.8 Å². The summed E-state index contributed by atoms with van der Waals surface area (Å²) >= 11 is 0. The van der Waals surface area contributed by atoms with Crippen LogP contribution in [-0.4, -0.2) is 50.1 Å². The second-order valence-electron chi connectivity index (χ2n) is 10.7. The number of hydrogen-bond donors (Lipinski definition) is 2. The zero-order valence-electron chi connectivity index (χ0n) is 22.1. The zero-order valence-corrected chi connectivity index (χ0v) is 22.1. The van der Waals surface area contributed by atoms with Gasteiger partial charge in [-0.2, -0.15) is 0 Å². The number of nitrogens with one attached hydrogen (secondary N) is 2. The fraction of sp³-hybridized carbons (Fsp3) is 0.464. The molecule has 1 atom stereocenters. The van der Waals surface area contributed by atoms with Gasteiger partial charge in [-0.3, -0.25) is 23.7 Å². The average molecular weight is 519 g/mol. The fourth-order valence-electron chi connectivity index (χ4n) is 5.12. The maximum Gasteiger partial charge on any atom is 0.331 e. The summed E-state index contributed by atoms with van der Waals surface area (Å²) in [6.45, 7) is 7.06. The number of anilines is 1. The lowest BCUT2D eigenvalue weighted by molar-refractivity contribution is 0.0912. The molecule has 200 valence electrons. The Balaban J connectivity index is 1.33. The minimum atomic E-state index is -0.322. The van der Waals surface area contributed by atoms with Gasteiger partial charge in [-0.1, -0.05) is 0 Å². The molecule has 1 aliphatic carbocycles. The number of pyridine rings is 1. The summed E-state index contributed by atoms with van der Waals surface area (Å²) in [5.41, 5.74) is 1.75. The maximum atomic E-state index is 13.3. The molecule has 0 radical (unpaired) electrons. The van der Waals surface area contributed by atoms with Crippen LogP contribution in [0.15, 0.2) is 46.1 Å². The molecule has 3 heterocycles. The van der Waals surface area contributed by atoms with Crippen molar-refractivity contribution in [1.29, 1.82) is 0 Å². The molecule has 1 aliphatic heterocycles. The van der Waals surface area contributed by atoms with E-state index in [1.54, 1.807) is 46.0 Å². The molecule has 3 aromatic rings. The van der Waals surface area contributed by atoms with Crippen LogP contribution in [0.25, 0.3) is 10.9 Å². The summed E-state index contributed by atoms with van der Waals surface area (Å²) in [5.74, 6) is 0.187. The first-order valence-electron chi connectivity index (χ1n) is 13.3. The molecule has 10 nitrogen and oxygen atoms in total. The predicted octanol–water partition coefficient (Wildman–Crippen LogP) is 3.28. The third-order valence-corrected chi connectivity index (χ3v) is 7.28.